The van der Waals surface area contributed by atoms with Gasteiger partial charge in [0.25, 0.3) is 0 Å². The molecule has 1 atom stereocenters. The van der Waals surface area contributed by atoms with Gasteiger partial charge in [-0.25, -0.2) is 8.42 Å². The van der Waals surface area contributed by atoms with Crippen LogP contribution in [-0.2, 0) is 10.0 Å². The standard InChI is InChI=1S/C7H17NO3S/c1-6(2)7(5-9)8(3)12(4,10)11/h6-7,9H,5H2,1-4H3/t7-/m1/s1. The molecule has 0 spiro atoms. The zero-order valence-electron chi connectivity index (χ0n) is 7.98. The zero-order chi connectivity index (χ0) is 9.94. The summed E-state index contributed by atoms with van der Waals surface area (Å²) in [6, 6.07) is -0.319. The largest absolute Gasteiger partial charge is 0.395 e. The first-order chi connectivity index (χ1) is 5.30. The van der Waals surface area contributed by atoms with Gasteiger partial charge < -0.3 is 5.11 Å². The second-order valence-electron chi connectivity index (χ2n) is 3.27. The fraction of sp³-hybridized carbons (Fsp3) is 1.00. The van der Waals surface area contributed by atoms with Gasteiger partial charge >= 0.3 is 0 Å². The lowest BCUT2D eigenvalue weighted by Gasteiger charge is -2.27. The summed E-state index contributed by atoms with van der Waals surface area (Å²) < 4.78 is 23.3. The Balaban J connectivity index is 4.54. The molecule has 0 aromatic rings. The molecule has 0 aliphatic rings. The third-order valence-corrected chi connectivity index (χ3v) is 3.26. The Morgan fingerprint density at radius 3 is 1.92 bits per heavy atom. The Hall–Kier alpha value is -0.130. The zero-order valence-corrected chi connectivity index (χ0v) is 8.80. The number of aliphatic hydroxyl groups is 1. The quantitative estimate of drug-likeness (QED) is 0.681. The molecule has 0 rings (SSSR count). The predicted molar refractivity (Wildman–Crippen MR) is 48.3 cm³/mol. The fourth-order valence-electron chi connectivity index (χ4n) is 0.992. The summed E-state index contributed by atoms with van der Waals surface area (Å²) in [5.41, 5.74) is 0. The van der Waals surface area contributed by atoms with E-state index in [4.69, 9.17) is 5.11 Å². The number of hydrogen-bond acceptors (Lipinski definition) is 3. The molecule has 4 nitrogen and oxygen atoms in total. The second kappa shape index (κ2) is 4.20. The molecular formula is C7H17NO3S. The van der Waals surface area contributed by atoms with Gasteiger partial charge in [0.05, 0.1) is 12.9 Å². The van der Waals surface area contributed by atoms with E-state index in [-0.39, 0.29) is 18.6 Å². The van der Waals surface area contributed by atoms with Crippen molar-refractivity contribution in [2.75, 3.05) is 19.9 Å². The van der Waals surface area contributed by atoms with E-state index in [1.165, 1.54) is 11.4 Å². The van der Waals surface area contributed by atoms with Crippen LogP contribution in [0.15, 0.2) is 0 Å². The van der Waals surface area contributed by atoms with Crippen LogP contribution in [0.2, 0.25) is 0 Å². The number of hydrogen-bond donors (Lipinski definition) is 1. The van der Waals surface area contributed by atoms with Crippen molar-refractivity contribution in [1.29, 1.82) is 0 Å². The number of sulfonamides is 1. The van der Waals surface area contributed by atoms with Crippen LogP contribution < -0.4 is 0 Å². The molecule has 0 bridgehead atoms. The number of nitrogens with zero attached hydrogens (tertiary/aromatic N) is 1. The fourth-order valence-corrected chi connectivity index (χ4v) is 1.79. The molecule has 74 valence electrons. The van der Waals surface area contributed by atoms with Gasteiger partial charge in [-0.1, -0.05) is 13.8 Å². The van der Waals surface area contributed by atoms with Crippen LogP contribution in [0.3, 0.4) is 0 Å². The first kappa shape index (κ1) is 11.9. The maximum Gasteiger partial charge on any atom is 0.211 e. The van der Waals surface area contributed by atoms with Gasteiger partial charge in [0.1, 0.15) is 0 Å². The van der Waals surface area contributed by atoms with Crippen LogP contribution >= 0.6 is 0 Å². The second-order valence-corrected chi connectivity index (χ2v) is 5.32. The minimum Gasteiger partial charge on any atom is -0.395 e. The molecule has 0 heterocycles. The molecule has 12 heavy (non-hydrogen) atoms. The Labute approximate surface area is 74.2 Å². The maximum atomic E-state index is 11.1. The van der Waals surface area contributed by atoms with Crippen molar-refractivity contribution in [2.24, 2.45) is 5.92 Å². The highest BCUT2D eigenvalue weighted by molar-refractivity contribution is 7.88. The van der Waals surface area contributed by atoms with Crippen LogP contribution in [-0.4, -0.2) is 43.8 Å². The van der Waals surface area contributed by atoms with Crippen LogP contribution in [0.5, 0.6) is 0 Å². The van der Waals surface area contributed by atoms with Crippen molar-refractivity contribution in [3.63, 3.8) is 0 Å². The highest BCUT2D eigenvalue weighted by Crippen LogP contribution is 2.10. The highest BCUT2D eigenvalue weighted by atomic mass is 32.2. The number of rotatable bonds is 4. The van der Waals surface area contributed by atoms with E-state index in [0.29, 0.717) is 0 Å². The van der Waals surface area contributed by atoms with E-state index in [0.717, 1.165) is 6.26 Å². The minimum atomic E-state index is -3.19. The third-order valence-electron chi connectivity index (χ3n) is 1.95. The summed E-state index contributed by atoms with van der Waals surface area (Å²) in [4.78, 5) is 0. The van der Waals surface area contributed by atoms with Crippen molar-refractivity contribution < 1.29 is 13.5 Å². The van der Waals surface area contributed by atoms with Gasteiger partial charge in [-0.2, -0.15) is 4.31 Å². The number of likely N-dealkylation sites (N-methyl/N-ethyl adjacent to an activating group) is 1. The first-order valence-electron chi connectivity index (χ1n) is 3.84. The van der Waals surface area contributed by atoms with Gasteiger partial charge in [-0.15, -0.1) is 0 Å². The summed E-state index contributed by atoms with van der Waals surface area (Å²) in [6.07, 6.45) is 1.14. The van der Waals surface area contributed by atoms with E-state index < -0.39 is 10.0 Å². The molecule has 5 heteroatoms. The highest BCUT2D eigenvalue weighted by Gasteiger charge is 2.24. The molecule has 0 amide bonds. The number of aliphatic hydroxyl groups excluding tert-OH is 1. The lowest BCUT2D eigenvalue weighted by atomic mass is 10.1. The molecule has 0 unspecified atom stereocenters. The van der Waals surface area contributed by atoms with E-state index in [1.807, 2.05) is 13.8 Å². The van der Waals surface area contributed by atoms with Crippen molar-refractivity contribution in [3.8, 4) is 0 Å². The van der Waals surface area contributed by atoms with E-state index in [2.05, 4.69) is 0 Å². The molecule has 0 saturated heterocycles. The Morgan fingerprint density at radius 2 is 1.83 bits per heavy atom. The average Bonchev–Trinajstić information content (AvgIpc) is 1.86. The summed E-state index contributed by atoms with van der Waals surface area (Å²) in [5.74, 6) is 0.120. The Kier molecular flexibility index (Phi) is 4.16. The molecule has 0 aromatic carbocycles. The van der Waals surface area contributed by atoms with E-state index >= 15 is 0 Å². The molecule has 0 aliphatic carbocycles. The van der Waals surface area contributed by atoms with Gasteiger partial charge in [-0.05, 0) is 5.92 Å². The summed E-state index contributed by atoms with van der Waals surface area (Å²) in [5, 5.41) is 8.92. The lowest BCUT2D eigenvalue weighted by Crippen LogP contribution is -2.42. The summed E-state index contributed by atoms with van der Waals surface area (Å²) in [7, 11) is -1.70. The Morgan fingerprint density at radius 1 is 1.42 bits per heavy atom. The summed E-state index contributed by atoms with van der Waals surface area (Å²) >= 11 is 0. The van der Waals surface area contributed by atoms with Crippen molar-refractivity contribution in [3.05, 3.63) is 0 Å². The molecule has 0 aliphatic heterocycles. The predicted octanol–water partition coefficient (Wildman–Crippen LogP) is -0.105. The smallest absolute Gasteiger partial charge is 0.211 e. The minimum absolute atomic E-state index is 0.120. The van der Waals surface area contributed by atoms with Crippen molar-refractivity contribution in [1.82, 2.24) is 4.31 Å². The third kappa shape index (κ3) is 3.08. The molecule has 1 N–H and O–H groups in total. The SMILES string of the molecule is CC(C)[C@@H](CO)N(C)S(C)(=O)=O. The van der Waals surface area contributed by atoms with E-state index in [1.54, 1.807) is 0 Å². The summed E-state index contributed by atoms with van der Waals surface area (Å²) in [6.45, 7) is 3.62. The van der Waals surface area contributed by atoms with Crippen LogP contribution in [0.1, 0.15) is 13.8 Å². The molecule has 0 aromatic heterocycles. The molecule has 0 saturated carbocycles. The van der Waals surface area contributed by atoms with Gasteiger partial charge in [0.15, 0.2) is 0 Å². The first-order valence-corrected chi connectivity index (χ1v) is 5.69. The van der Waals surface area contributed by atoms with Crippen molar-refractivity contribution >= 4 is 10.0 Å². The van der Waals surface area contributed by atoms with Crippen LogP contribution in [0.4, 0.5) is 0 Å². The molecule has 0 fully saturated rings. The monoisotopic (exact) mass is 195 g/mol. The topological polar surface area (TPSA) is 57.6 Å². The average molecular weight is 195 g/mol. The lowest BCUT2D eigenvalue weighted by molar-refractivity contribution is 0.168. The Bertz CT molecular complexity index is 223. The maximum absolute atomic E-state index is 11.1. The normalized spacial score (nSPS) is 15.6. The van der Waals surface area contributed by atoms with E-state index in [9.17, 15) is 8.42 Å². The van der Waals surface area contributed by atoms with Crippen LogP contribution in [0.25, 0.3) is 0 Å². The van der Waals surface area contributed by atoms with Crippen molar-refractivity contribution in [2.45, 2.75) is 19.9 Å². The van der Waals surface area contributed by atoms with Gasteiger partial charge in [0.2, 0.25) is 10.0 Å². The molecular weight excluding hydrogens is 178 g/mol. The van der Waals surface area contributed by atoms with Gasteiger partial charge in [0, 0.05) is 13.1 Å². The molecule has 0 radical (unpaired) electrons. The van der Waals surface area contributed by atoms with Crippen LogP contribution in [0, 0.1) is 5.92 Å². The van der Waals surface area contributed by atoms with Gasteiger partial charge in [-0.3, -0.25) is 0 Å².